The summed E-state index contributed by atoms with van der Waals surface area (Å²) in [5.74, 6) is 1.30. The Morgan fingerprint density at radius 2 is 1.94 bits per heavy atom. The van der Waals surface area contributed by atoms with Gasteiger partial charge in [0.05, 0.1) is 18.1 Å². The van der Waals surface area contributed by atoms with E-state index in [4.69, 9.17) is 0 Å². The summed E-state index contributed by atoms with van der Waals surface area (Å²) < 4.78 is 0. The predicted molar refractivity (Wildman–Crippen MR) is 121 cm³/mol. The van der Waals surface area contributed by atoms with Crippen LogP contribution in [0.25, 0.3) is 0 Å². The Kier molecular flexibility index (Phi) is 5.09. The maximum atomic E-state index is 13.2. The van der Waals surface area contributed by atoms with Crippen LogP contribution in [0.2, 0.25) is 0 Å². The molecule has 3 aliphatic rings. The van der Waals surface area contributed by atoms with Gasteiger partial charge in [-0.15, -0.1) is 0 Å². The lowest BCUT2D eigenvalue weighted by Crippen LogP contribution is -2.45. The molecule has 5 rings (SSSR count). The molecule has 3 aliphatic carbocycles. The second kappa shape index (κ2) is 7.67. The quantitative estimate of drug-likeness (QED) is 0.675. The normalized spacial score (nSPS) is 34.9. The highest BCUT2D eigenvalue weighted by Crippen LogP contribution is 2.62. The van der Waals surface area contributed by atoms with Crippen LogP contribution in [0.15, 0.2) is 48.5 Å². The number of phenols is 1. The highest BCUT2D eigenvalue weighted by atomic mass is 16.3. The molecule has 0 radical (unpaired) electrons. The van der Waals surface area contributed by atoms with Gasteiger partial charge in [-0.25, -0.2) is 0 Å². The fourth-order valence-corrected chi connectivity index (χ4v) is 6.99. The Balaban J connectivity index is 1.36. The third kappa shape index (κ3) is 3.36. The number of rotatable bonds is 3. The highest BCUT2D eigenvalue weighted by molar-refractivity contribution is 5.80. The van der Waals surface area contributed by atoms with Crippen molar-refractivity contribution in [3.63, 3.8) is 0 Å². The Bertz CT molecular complexity index is 974. The number of carbonyl (C=O) groups is 1. The molecule has 0 aromatic heterocycles. The van der Waals surface area contributed by atoms with Crippen LogP contribution in [0.3, 0.4) is 0 Å². The molecule has 31 heavy (non-hydrogen) atoms. The van der Waals surface area contributed by atoms with Crippen molar-refractivity contribution in [2.45, 2.75) is 64.0 Å². The van der Waals surface area contributed by atoms with Gasteiger partial charge in [0.25, 0.3) is 0 Å². The van der Waals surface area contributed by atoms with Crippen LogP contribution in [0.1, 0.15) is 68.2 Å². The maximum Gasteiger partial charge on any atom is 0.226 e. The summed E-state index contributed by atoms with van der Waals surface area (Å²) in [5.41, 5.74) is 3.53. The Morgan fingerprint density at radius 3 is 2.71 bits per heavy atom. The number of aliphatic hydroxyl groups is 1. The summed E-state index contributed by atoms with van der Waals surface area (Å²) in [6, 6.07) is 15.8. The second-order valence-electron chi connectivity index (χ2n) is 10.3. The van der Waals surface area contributed by atoms with Gasteiger partial charge in [-0.3, -0.25) is 4.79 Å². The molecule has 4 heteroatoms. The monoisotopic (exact) mass is 419 g/mol. The van der Waals surface area contributed by atoms with Crippen molar-refractivity contribution >= 4 is 5.91 Å². The van der Waals surface area contributed by atoms with Crippen molar-refractivity contribution in [1.82, 2.24) is 5.32 Å². The summed E-state index contributed by atoms with van der Waals surface area (Å²) in [7, 11) is 0. The molecule has 164 valence electrons. The summed E-state index contributed by atoms with van der Waals surface area (Å²) in [4.78, 5) is 13.2. The average molecular weight is 420 g/mol. The van der Waals surface area contributed by atoms with Gasteiger partial charge in [0.2, 0.25) is 5.91 Å². The molecule has 7 atom stereocenters. The third-order valence-electron chi connectivity index (χ3n) is 8.71. The number of hydrogen-bond acceptors (Lipinski definition) is 3. The summed E-state index contributed by atoms with van der Waals surface area (Å²) in [6.07, 6.45) is 4.19. The molecular weight excluding hydrogens is 386 g/mol. The number of nitrogens with one attached hydrogen (secondary N) is 1. The zero-order valence-electron chi connectivity index (χ0n) is 18.4. The van der Waals surface area contributed by atoms with Gasteiger partial charge in [-0.1, -0.05) is 43.3 Å². The topological polar surface area (TPSA) is 69.6 Å². The van der Waals surface area contributed by atoms with Crippen molar-refractivity contribution < 1.29 is 15.0 Å². The summed E-state index contributed by atoms with van der Waals surface area (Å²) in [5, 5.41) is 24.4. The van der Waals surface area contributed by atoms with Crippen LogP contribution in [-0.4, -0.2) is 22.2 Å². The molecule has 2 aromatic rings. The summed E-state index contributed by atoms with van der Waals surface area (Å²) in [6.45, 7) is 4.21. The van der Waals surface area contributed by atoms with Gasteiger partial charge in [0.15, 0.2) is 0 Å². The first-order chi connectivity index (χ1) is 14.9. The third-order valence-corrected chi connectivity index (χ3v) is 8.71. The van der Waals surface area contributed by atoms with Crippen LogP contribution >= 0.6 is 0 Å². The van der Waals surface area contributed by atoms with Gasteiger partial charge in [-0.05, 0) is 91.0 Å². The number of aryl methyl sites for hydroxylation is 1. The molecule has 0 aliphatic heterocycles. The Labute approximate surface area is 184 Å². The zero-order valence-corrected chi connectivity index (χ0v) is 18.4. The Morgan fingerprint density at radius 1 is 1.16 bits per heavy atom. The van der Waals surface area contributed by atoms with Crippen molar-refractivity contribution in [3.05, 3.63) is 65.2 Å². The summed E-state index contributed by atoms with van der Waals surface area (Å²) >= 11 is 0. The van der Waals surface area contributed by atoms with Gasteiger partial charge in [0.1, 0.15) is 5.75 Å². The lowest BCUT2D eigenvalue weighted by atomic mass is 9.55. The zero-order chi connectivity index (χ0) is 21.8. The fraction of sp³-hybridized carbons (Fsp3) is 0.519. The van der Waals surface area contributed by atoms with Gasteiger partial charge in [-0.2, -0.15) is 0 Å². The number of aliphatic hydroxyl groups excluding tert-OH is 1. The molecule has 1 amide bonds. The number of amides is 1. The van der Waals surface area contributed by atoms with Crippen LogP contribution in [0, 0.1) is 23.2 Å². The average Bonchev–Trinajstić information content (AvgIpc) is 3.05. The SMILES string of the molecule is CC(NC(=O)C1CC2C3CCc4cc(O)ccc4C3CC[C@]2(C)[C@H]1O)c1ccccc1. The number of phenolic OH excluding ortho intramolecular Hbond substituents is 1. The smallest absolute Gasteiger partial charge is 0.226 e. The van der Waals surface area contributed by atoms with Crippen LogP contribution in [-0.2, 0) is 11.2 Å². The molecule has 2 saturated carbocycles. The minimum atomic E-state index is -0.595. The number of aromatic hydroxyl groups is 1. The molecular formula is C27H33NO3. The first-order valence-electron chi connectivity index (χ1n) is 11.7. The first-order valence-corrected chi connectivity index (χ1v) is 11.7. The lowest BCUT2D eigenvalue weighted by Gasteiger charge is -2.50. The number of hydrogen-bond donors (Lipinski definition) is 3. The van der Waals surface area contributed by atoms with Gasteiger partial charge >= 0.3 is 0 Å². The molecule has 0 spiro atoms. The van der Waals surface area contributed by atoms with Crippen molar-refractivity contribution in [2.24, 2.45) is 23.2 Å². The van der Waals surface area contributed by atoms with Gasteiger partial charge in [0, 0.05) is 0 Å². The van der Waals surface area contributed by atoms with Crippen molar-refractivity contribution in [2.75, 3.05) is 0 Å². The molecule has 0 heterocycles. The molecule has 5 unspecified atom stereocenters. The molecule has 0 saturated heterocycles. The van der Waals surface area contributed by atoms with Gasteiger partial charge < -0.3 is 15.5 Å². The molecule has 0 bridgehead atoms. The Hall–Kier alpha value is -2.33. The van der Waals surface area contributed by atoms with E-state index in [9.17, 15) is 15.0 Å². The first kappa shape index (κ1) is 20.6. The largest absolute Gasteiger partial charge is 0.508 e. The van der Waals surface area contributed by atoms with E-state index in [0.717, 1.165) is 37.7 Å². The minimum Gasteiger partial charge on any atom is -0.508 e. The molecule has 2 fully saturated rings. The molecule has 4 nitrogen and oxygen atoms in total. The maximum absolute atomic E-state index is 13.2. The highest BCUT2D eigenvalue weighted by Gasteiger charge is 2.59. The lowest BCUT2D eigenvalue weighted by molar-refractivity contribution is -0.130. The predicted octanol–water partition coefficient (Wildman–Crippen LogP) is 4.71. The molecule has 2 aromatic carbocycles. The van der Waals surface area contributed by atoms with E-state index < -0.39 is 6.10 Å². The van der Waals surface area contributed by atoms with E-state index in [2.05, 4.69) is 18.3 Å². The molecule has 3 N–H and O–H groups in total. The number of fused-ring (bicyclic) bond motifs is 5. The van der Waals surface area contributed by atoms with E-state index in [1.165, 1.54) is 11.1 Å². The second-order valence-corrected chi connectivity index (χ2v) is 10.3. The van der Waals surface area contributed by atoms with E-state index in [0.29, 0.717) is 23.5 Å². The van der Waals surface area contributed by atoms with E-state index in [-0.39, 0.29) is 23.3 Å². The van der Waals surface area contributed by atoms with Crippen LogP contribution < -0.4 is 5.32 Å². The number of carbonyl (C=O) groups excluding carboxylic acids is 1. The van der Waals surface area contributed by atoms with E-state index in [1.54, 1.807) is 6.07 Å². The van der Waals surface area contributed by atoms with Crippen LogP contribution in [0.5, 0.6) is 5.75 Å². The van der Waals surface area contributed by atoms with E-state index >= 15 is 0 Å². The number of benzene rings is 2. The fourth-order valence-electron chi connectivity index (χ4n) is 6.99. The van der Waals surface area contributed by atoms with Crippen molar-refractivity contribution in [3.8, 4) is 5.75 Å². The van der Waals surface area contributed by atoms with Crippen molar-refractivity contribution in [1.29, 1.82) is 0 Å². The van der Waals surface area contributed by atoms with E-state index in [1.807, 2.05) is 43.3 Å². The minimum absolute atomic E-state index is 0.0165. The standard InChI is InChI=1S/C27H33NO3/c1-16(17-6-4-3-5-7-17)28-26(31)23-15-24-22-10-8-18-14-19(29)9-11-20(18)21(22)12-13-27(24,2)25(23)30/h3-7,9,11,14,16,21-25,29-30H,8,10,12-13,15H2,1-2H3,(H,28,31)/t16?,21?,22?,23?,24?,25-,27-/m0/s1. The van der Waals surface area contributed by atoms with Crippen LogP contribution in [0.4, 0.5) is 0 Å².